The lowest BCUT2D eigenvalue weighted by Crippen LogP contribution is -2.18. The molecule has 9 nitrogen and oxygen atoms in total. The number of rotatable bonds is 6. The number of fused-ring (bicyclic) bond motifs is 1. The molecule has 188 valence electrons. The second-order valence-electron chi connectivity index (χ2n) is 7.83. The Morgan fingerprint density at radius 3 is 2.53 bits per heavy atom. The lowest BCUT2D eigenvalue weighted by atomic mass is 10.1. The average molecular weight is 538 g/mol. The van der Waals surface area contributed by atoms with Gasteiger partial charge in [-0.2, -0.15) is 18.3 Å². The molecule has 2 amide bonds. The van der Waals surface area contributed by atoms with Crippen molar-refractivity contribution in [3.05, 3.63) is 57.0 Å². The Kier molecular flexibility index (Phi) is 6.58. The van der Waals surface area contributed by atoms with Crippen molar-refractivity contribution in [1.29, 1.82) is 0 Å². The minimum atomic E-state index is -4.78. The second kappa shape index (κ2) is 9.35. The molecule has 0 aliphatic rings. The number of esters is 1. The van der Waals surface area contributed by atoms with Gasteiger partial charge in [-0.1, -0.05) is 6.07 Å². The number of carbonyl (C=O) groups is 3. The van der Waals surface area contributed by atoms with Gasteiger partial charge in [0.2, 0.25) is 0 Å². The molecule has 4 aromatic heterocycles. The van der Waals surface area contributed by atoms with Crippen molar-refractivity contribution in [2.75, 3.05) is 5.32 Å². The molecule has 3 N–H and O–H groups in total. The molecule has 0 aromatic carbocycles. The Labute approximate surface area is 209 Å². The van der Waals surface area contributed by atoms with E-state index >= 15 is 0 Å². The fourth-order valence-corrected chi connectivity index (χ4v) is 5.09. The number of carbonyl (C=O) groups excluding carboxylic acids is 3. The fraction of sp³-hybridized carbons (Fsp3) is 0.227. The fourth-order valence-electron chi connectivity index (χ4n) is 3.36. The molecule has 0 unspecified atom stereocenters. The Balaban J connectivity index is 1.76. The molecule has 0 saturated carbocycles. The second-order valence-corrected chi connectivity index (χ2v) is 9.80. The minimum Gasteiger partial charge on any atom is -0.459 e. The number of ether oxygens (including phenoxy) is 1. The van der Waals surface area contributed by atoms with Crippen molar-refractivity contribution in [1.82, 2.24) is 14.6 Å². The minimum absolute atomic E-state index is 0.0256. The van der Waals surface area contributed by atoms with Crippen molar-refractivity contribution in [3.8, 4) is 10.6 Å². The molecule has 4 aromatic rings. The highest BCUT2D eigenvalue weighted by atomic mass is 32.1. The smallest absolute Gasteiger partial charge is 0.433 e. The number of amides is 2. The maximum atomic E-state index is 13.8. The Bertz CT molecular complexity index is 1490. The van der Waals surface area contributed by atoms with E-state index in [2.05, 4.69) is 15.4 Å². The van der Waals surface area contributed by atoms with E-state index < -0.39 is 35.8 Å². The van der Waals surface area contributed by atoms with Crippen LogP contribution in [0.5, 0.6) is 0 Å². The maximum absolute atomic E-state index is 13.8. The van der Waals surface area contributed by atoms with Gasteiger partial charge in [-0.15, -0.1) is 22.7 Å². The van der Waals surface area contributed by atoms with Crippen LogP contribution in [0.3, 0.4) is 0 Å². The number of nitrogens with one attached hydrogen (secondary N) is 1. The van der Waals surface area contributed by atoms with Gasteiger partial charge in [0.05, 0.1) is 27.1 Å². The molecule has 0 atom stereocenters. The zero-order valence-corrected chi connectivity index (χ0v) is 20.6. The zero-order valence-electron chi connectivity index (χ0n) is 19.0. The molecule has 36 heavy (non-hydrogen) atoms. The van der Waals surface area contributed by atoms with Gasteiger partial charge in [-0.3, -0.25) is 9.59 Å². The van der Waals surface area contributed by atoms with E-state index in [4.69, 9.17) is 10.5 Å². The van der Waals surface area contributed by atoms with Crippen molar-refractivity contribution < 1.29 is 32.3 Å². The summed E-state index contributed by atoms with van der Waals surface area (Å²) in [5, 5.41) is 7.91. The van der Waals surface area contributed by atoms with Crippen LogP contribution in [0.25, 0.3) is 16.2 Å². The number of aromatic nitrogens is 3. The van der Waals surface area contributed by atoms with Gasteiger partial charge in [0, 0.05) is 6.07 Å². The summed E-state index contributed by atoms with van der Waals surface area (Å²) in [4.78, 5) is 42.2. The van der Waals surface area contributed by atoms with Gasteiger partial charge < -0.3 is 15.8 Å². The van der Waals surface area contributed by atoms with Crippen LogP contribution in [0.15, 0.2) is 29.6 Å². The Morgan fingerprint density at radius 2 is 1.94 bits per heavy atom. The summed E-state index contributed by atoms with van der Waals surface area (Å²) in [7, 11) is 0. The molecule has 14 heteroatoms. The quantitative estimate of drug-likeness (QED) is 0.341. The molecular formula is C22H18F3N5O4S2. The lowest BCUT2D eigenvalue weighted by molar-refractivity contribution is -0.142. The predicted octanol–water partition coefficient (Wildman–Crippen LogP) is 4.76. The molecule has 0 bridgehead atoms. The van der Waals surface area contributed by atoms with E-state index in [9.17, 15) is 27.6 Å². The van der Waals surface area contributed by atoms with Crippen molar-refractivity contribution in [2.45, 2.75) is 33.1 Å². The summed E-state index contributed by atoms with van der Waals surface area (Å²) in [5.74, 6) is -2.52. The predicted molar refractivity (Wildman–Crippen MR) is 127 cm³/mol. The Hall–Kier alpha value is -3.78. The van der Waals surface area contributed by atoms with Crippen LogP contribution in [-0.4, -0.2) is 38.5 Å². The first-order valence-corrected chi connectivity index (χ1v) is 12.0. The van der Waals surface area contributed by atoms with Crippen LogP contribution in [0.2, 0.25) is 0 Å². The normalized spacial score (nSPS) is 11.8. The third-order valence-corrected chi connectivity index (χ3v) is 6.98. The summed E-state index contributed by atoms with van der Waals surface area (Å²) in [6.07, 6.45) is -5.26. The van der Waals surface area contributed by atoms with Crippen LogP contribution in [0, 0.1) is 6.92 Å². The Morgan fingerprint density at radius 1 is 1.22 bits per heavy atom. The summed E-state index contributed by atoms with van der Waals surface area (Å²) in [6.45, 7) is 4.72. The van der Waals surface area contributed by atoms with Crippen LogP contribution in [0.4, 0.5) is 18.2 Å². The average Bonchev–Trinajstić information content (AvgIpc) is 3.50. The highest BCUT2D eigenvalue weighted by Gasteiger charge is 2.36. The number of hydrogen-bond acceptors (Lipinski definition) is 8. The van der Waals surface area contributed by atoms with Gasteiger partial charge in [0.15, 0.2) is 17.0 Å². The van der Waals surface area contributed by atoms with Crippen LogP contribution in [-0.2, 0) is 10.9 Å². The maximum Gasteiger partial charge on any atom is 0.433 e. The summed E-state index contributed by atoms with van der Waals surface area (Å²) in [5.41, 5.74) is 3.91. The van der Waals surface area contributed by atoms with E-state index in [0.29, 0.717) is 9.39 Å². The van der Waals surface area contributed by atoms with Gasteiger partial charge >= 0.3 is 12.1 Å². The molecule has 4 heterocycles. The standard InChI is InChI=1S/C22H18F3N5O4S2/c1-9(2)34-21(33)16-10(3)17(18(26)31)36-20(16)28-19(32)12-8-15-27-11(13-5-4-6-35-13)7-14(22(23,24)25)30(15)29-12/h4-9H,1-3H3,(H2,26,31)(H,28,32). The summed E-state index contributed by atoms with van der Waals surface area (Å²) >= 11 is 1.97. The van der Waals surface area contributed by atoms with E-state index in [1.54, 1.807) is 31.4 Å². The van der Waals surface area contributed by atoms with E-state index in [-0.39, 0.29) is 38.0 Å². The topological polar surface area (TPSA) is 129 Å². The number of nitrogens with two attached hydrogens (primary N) is 1. The highest BCUT2D eigenvalue weighted by Crippen LogP contribution is 2.35. The SMILES string of the molecule is Cc1c(C(N)=O)sc(NC(=O)c2cc3nc(-c4cccs4)cc(C(F)(F)F)n3n2)c1C(=O)OC(C)C. The number of thiophene rings is 2. The molecular weight excluding hydrogens is 519 g/mol. The highest BCUT2D eigenvalue weighted by molar-refractivity contribution is 7.18. The molecule has 0 fully saturated rings. The van der Waals surface area contributed by atoms with Gasteiger partial charge in [0.25, 0.3) is 11.8 Å². The number of nitrogens with zero attached hydrogens (tertiary/aromatic N) is 3. The first-order valence-electron chi connectivity index (χ1n) is 10.3. The molecule has 0 radical (unpaired) electrons. The first kappa shape index (κ1) is 25.3. The van der Waals surface area contributed by atoms with E-state index in [1.807, 2.05) is 0 Å². The van der Waals surface area contributed by atoms with Crippen molar-refractivity contribution >= 4 is 51.1 Å². The summed E-state index contributed by atoms with van der Waals surface area (Å²) < 4.78 is 47.1. The molecule has 0 aliphatic heterocycles. The number of primary amides is 1. The number of halogens is 3. The summed E-state index contributed by atoms with van der Waals surface area (Å²) in [6, 6.07) is 5.26. The van der Waals surface area contributed by atoms with Crippen LogP contribution < -0.4 is 11.1 Å². The lowest BCUT2D eigenvalue weighted by Gasteiger charge is -2.10. The molecule has 0 spiro atoms. The van der Waals surface area contributed by atoms with Gasteiger partial charge in [0.1, 0.15) is 5.00 Å². The first-order chi connectivity index (χ1) is 16.9. The zero-order chi connectivity index (χ0) is 26.4. The monoisotopic (exact) mass is 537 g/mol. The van der Waals surface area contributed by atoms with Gasteiger partial charge in [-0.05, 0) is 43.8 Å². The van der Waals surface area contributed by atoms with E-state index in [0.717, 1.165) is 23.5 Å². The largest absolute Gasteiger partial charge is 0.459 e. The third-order valence-electron chi connectivity index (χ3n) is 4.87. The molecule has 0 aliphatic carbocycles. The van der Waals surface area contributed by atoms with E-state index in [1.165, 1.54) is 18.3 Å². The molecule has 4 rings (SSSR count). The number of hydrogen-bond donors (Lipinski definition) is 2. The third kappa shape index (κ3) is 4.81. The molecule has 0 saturated heterocycles. The van der Waals surface area contributed by atoms with Crippen LogP contribution >= 0.6 is 22.7 Å². The number of alkyl halides is 3. The van der Waals surface area contributed by atoms with Crippen LogP contribution in [0.1, 0.15) is 55.6 Å². The van der Waals surface area contributed by atoms with Gasteiger partial charge in [-0.25, -0.2) is 14.3 Å². The number of anilines is 1. The van der Waals surface area contributed by atoms with Crippen molar-refractivity contribution in [2.24, 2.45) is 5.73 Å². The van der Waals surface area contributed by atoms with Crippen molar-refractivity contribution in [3.63, 3.8) is 0 Å².